The molecule has 88 valence electrons. The van der Waals surface area contributed by atoms with E-state index in [1.165, 1.54) is 11.3 Å². The molecule has 0 N–H and O–H groups in total. The lowest BCUT2D eigenvalue weighted by Gasteiger charge is -2.04. The topological polar surface area (TPSA) is 17.1 Å². The minimum absolute atomic E-state index is 0.0226. The molecule has 0 bridgehead atoms. The standard InChI is InChI=1S/C12H7Br3OS/c1-6-2-3-9(13)7(4-6)11(16)8-5-10(14)17-12(8)15/h2-5H,1H3. The van der Waals surface area contributed by atoms with Gasteiger partial charge in [-0.05, 0) is 57.0 Å². The molecule has 1 heterocycles. The lowest BCUT2D eigenvalue weighted by atomic mass is 10.0. The van der Waals surface area contributed by atoms with E-state index in [1.54, 1.807) is 0 Å². The fourth-order valence-electron chi connectivity index (χ4n) is 1.45. The number of carbonyl (C=O) groups is 1. The van der Waals surface area contributed by atoms with Gasteiger partial charge in [0.15, 0.2) is 5.78 Å². The molecule has 2 aromatic rings. The average molecular weight is 439 g/mol. The van der Waals surface area contributed by atoms with Crippen LogP contribution in [-0.2, 0) is 0 Å². The molecule has 0 unspecified atom stereocenters. The van der Waals surface area contributed by atoms with Gasteiger partial charge in [-0.25, -0.2) is 0 Å². The Balaban J connectivity index is 2.50. The number of hydrogen-bond donors (Lipinski definition) is 0. The maximum atomic E-state index is 12.4. The highest BCUT2D eigenvalue weighted by Gasteiger charge is 2.17. The third-order valence-corrected chi connectivity index (χ3v) is 5.30. The summed E-state index contributed by atoms with van der Waals surface area (Å²) in [6.07, 6.45) is 0. The van der Waals surface area contributed by atoms with Crippen LogP contribution in [0.1, 0.15) is 21.5 Å². The summed E-state index contributed by atoms with van der Waals surface area (Å²) in [5, 5.41) is 0. The first-order chi connectivity index (χ1) is 7.99. The molecule has 0 aliphatic heterocycles. The van der Waals surface area contributed by atoms with Crippen molar-refractivity contribution >= 4 is 64.9 Å². The number of hydrogen-bond acceptors (Lipinski definition) is 2. The van der Waals surface area contributed by atoms with Crippen LogP contribution in [0.3, 0.4) is 0 Å². The van der Waals surface area contributed by atoms with E-state index in [4.69, 9.17) is 0 Å². The van der Waals surface area contributed by atoms with E-state index in [-0.39, 0.29) is 5.78 Å². The lowest BCUT2D eigenvalue weighted by Crippen LogP contribution is -2.02. The van der Waals surface area contributed by atoms with Gasteiger partial charge in [0.05, 0.1) is 7.57 Å². The molecule has 1 aromatic heterocycles. The molecule has 0 atom stereocenters. The van der Waals surface area contributed by atoms with E-state index < -0.39 is 0 Å². The van der Waals surface area contributed by atoms with Crippen molar-refractivity contribution in [1.82, 2.24) is 0 Å². The molecule has 0 aliphatic carbocycles. The Hall–Kier alpha value is 0.0300. The molecule has 5 heteroatoms. The third kappa shape index (κ3) is 2.89. The molecule has 2 rings (SSSR count). The molecular weight excluding hydrogens is 432 g/mol. The first kappa shape index (κ1) is 13.5. The van der Waals surface area contributed by atoms with Gasteiger partial charge in [0.25, 0.3) is 0 Å². The van der Waals surface area contributed by atoms with Gasteiger partial charge in [0.1, 0.15) is 0 Å². The maximum absolute atomic E-state index is 12.4. The van der Waals surface area contributed by atoms with E-state index in [9.17, 15) is 4.79 Å². The van der Waals surface area contributed by atoms with Crippen molar-refractivity contribution < 1.29 is 4.79 Å². The molecule has 0 fully saturated rings. The molecule has 17 heavy (non-hydrogen) atoms. The minimum Gasteiger partial charge on any atom is -0.288 e. The second-order valence-corrected chi connectivity index (χ2v) is 8.15. The number of aryl methyl sites for hydroxylation is 1. The summed E-state index contributed by atoms with van der Waals surface area (Å²) in [7, 11) is 0. The number of carbonyl (C=O) groups excluding carboxylic acids is 1. The van der Waals surface area contributed by atoms with Gasteiger partial charge >= 0.3 is 0 Å². The van der Waals surface area contributed by atoms with Crippen LogP contribution in [0.4, 0.5) is 0 Å². The van der Waals surface area contributed by atoms with Crippen LogP contribution in [0, 0.1) is 6.92 Å². The van der Waals surface area contributed by atoms with Gasteiger partial charge < -0.3 is 0 Å². The lowest BCUT2D eigenvalue weighted by molar-refractivity contribution is 0.103. The zero-order valence-electron chi connectivity index (χ0n) is 8.76. The van der Waals surface area contributed by atoms with Crippen LogP contribution in [-0.4, -0.2) is 5.78 Å². The molecule has 1 aromatic carbocycles. The largest absolute Gasteiger partial charge is 0.288 e. The van der Waals surface area contributed by atoms with Crippen molar-refractivity contribution in [3.63, 3.8) is 0 Å². The Kier molecular flexibility index (Phi) is 4.23. The predicted molar refractivity (Wildman–Crippen MR) is 82.0 cm³/mol. The highest BCUT2D eigenvalue weighted by atomic mass is 79.9. The van der Waals surface area contributed by atoms with Crippen LogP contribution < -0.4 is 0 Å². The molecule has 0 saturated heterocycles. The summed E-state index contributed by atoms with van der Waals surface area (Å²) in [6.45, 7) is 1.97. The Morgan fingerprint density at radius 1 is 1.12 bits per heavy atom. The summed E-state index contributed by atoms with van der Waals surface area (Å²) >= 11 is 11.7. The number of rotatable bonds is 2. The molecule has 0 amide bonds. The third-order valence-electron chi connectivity index (χ3n) is 2.27. The molecular formula is C12H7Br3OS. The van der Waals surface area contributed by atoms with E-state index in [0.717, 1.165) is 17.6 Å². The van der Waals surface area contributed by atoms with Gasteiger partial charge in [-0.2, -0.15) is 0 Å². The minimum atomic E-state index is 0.0226. The van der Waals surface area contributed by atoms with Crippen molar-refractivity contribution in [1.29, 1.82) is 0 Å². The zero-order chi connectivity index (χ0) is 12.6. The summed E-state index contributed by atoms with van der Waals surface area (Å²) in [6, 6.07) is 7.60. The maximum Gasteiger partial charge on any atom is 0.196 e. The van der Waals surface area contributed by atoms with Gasteiger partial charge in [-0.15, -0.1) is 11.3 Å². The monoisotopic (exact) mass is 436 g/mol. The highest BCUT2D eigenvalue weighted by molar-refractivity contribution is 9.12. The molecule has 0 radical (unpaired) electrons. The second-order valence-electron chi connectivity index (χ2n) is 3.55. The molecule has 0 saturated carbocycles. The van der Waals surface area contributed by atoms with Gasteiger partial charge in [-0.3, -0.25) is 4.79 Å². The van der Waals surface area contributed by atoms with Crippen LogP contribution in [0.15, 0.2) is 36.3 Å². The Morgan fingerprint density at radius 3 is 2.41 bits per heavy atom. The van der Waals surface area contributed by atoms with E-state index in [2.05, 4.69) is 47.8 Å². The quantitative estimate of drug-likeness (QED) is 0.560. The summed E-state index contributed by atoms with van der Waals surface area (Å²) in [5.74, 6) is 0.0226. The molecule has 0 spiro atoms. The molecule has 0 aliphatic rings. The SMILES string of the molecule is Cc1ccc(Br)c(C(=O)c2cc(Br)sc2Br)c1. The average Bonchev–Trinajstić information content (AvgIpc) is 2.60. The van der Waals surface area contributed by atoms with Gasteiger partial charge in [-0.1, -0.05) is 27.6 Å². The van der Waals surface area contributed by atoms with E-state index in [0.29, 0.717) is 11.1 Å². The first-order valence-electron chi connectivity index (χ1n) is 4.74. The van der Waals surface area contributed by atoms with Gasteiger partial charge in [0.2, 0.25) is 0 Å². The van der Waals surface area contributed by atoms with Crippen LogP contribution >= 0.6 is 59.1 Å². The summed E-state index contributed by atoms with van der Waals surface area (Å²) in [4.78, 5) is 12.4. The Labute approximate surface area is 129 Å². The first-order valence-corrected chi connectivity index (χ1v) is 7.94. The highest BCUT2D eigenvalue weighted by Crippen LogP contribution is 2.34. The zero-order valence-corrected chi connectivity index (χ0v) is 14.3. The summed E-state index contributed by atoms with van der Waals surface area (Å²) in [5.41, 5.74) is 2.45. The molecule has 1 nitrogen and oxygen atoms in total. The predicted octanol–water partition coefficient (Wildman–Crippen LogP) is 5.58. The van der Waals surface area contributed by atoms with E-state index in [1.807, 2.05) is 31.2 Å². The number of benzene rings is 1. The van der Waals surface area contributed by atoms with Crippen molar-refractivity contribution in [2.75, 3.05) is 0 Å². The van der Waals surface area contributed by atoms with Crippen molar-refractivity contribution in [2.45, 2.75) is 6.92 Å². The van der Waals surface area contributed by atoms with Crippen molar-refractivity contribution in [2.24, 2.45) is 0 Å². The second kappa shape index (κ2) is 5.34. The Morgan fingerprint density at radius 2 is 1.82 bits per heavy atom. The van der Waals surface area contributed by atoms with Crippen molar-refractivity contribution in [3.8, 4) is 0 Å². The van der Waals surface area contributed by atoms with Crippen molar-refractivity contribution in [3.05, 3.63) is 53.0 Å². The normalized spacial score (nSPS) is 10.6. The Bertz CT molecular complexity index is 589. The number of thiophene rings is 1. The number of halogens is 3. The van der Waals surface area contributed by atoms with Crippen LogP contribution in [0.5, 0.6) is 0 Å². The fourth-order valence-corrected chi connectivity index (χ4v) is 4.67. The summed E-state index contributed by atoms with van der Waals surface area (Å²) < 4.78 is 2.61. The van der Waals surface area contributed by atoms with Crippen LogP contribution in [0.25, 0.3) is 0 Å². The number of ketones is 1. The fraction of sp³-hybridized carbons (Fsp3) is 0.0833. The van der Waals surface area contributed by atoms with E-state index >= 15 is 0 Å². The van der Waals surface area contributed by atoms with Gasteiger partial charge in [0, 0.05) is 15.6 Å². The smallest absolute Gasteiger partial charge is 0.196 e. The van der Waals surface area contributed by atoms with Crippen LogP contribution in [0.2, 0.25) is 0 Å².